The van der Waals surface area contributed by atoms with Gasteiger partial charge in [0.15, 0.2) is 5.78 Å². The number of fused-ring (bicyclic) bond motifs is 1. The van der Waals surface area contributed by atoms with Crippen molar-refractivity contribution in [3.63, 3.8) is 0 Å². The Kier molecular flexibility index (Phi) is 2.93. The Morgan fingerprint density at radius 3 is 2.79 bits per heavy atom. The van der Waals surface area contributed by atoms with Crippen molar-refractivity contribution in [2.45, 2.75) is 0 Å². The molecule has 0 saturated heterocycles. The van der Waals surface area contributed by atoms with Gasteiger partial charge in [0.2, 0.25) is 0 Å². The second-order valence-corrected chi connectivity index (χ2v) is 4.39. The third kappa shape index (κ3) is 2.06. The number of benzene rings is 1. The molecule has 1 aromatic heterocycles. The maximum absolute atomic E-state index is 12.0. The van der Waals surface area contributed by atoms with Gasteiger partial charge in [0, 0.05) is 35.6 Å². The first kappa shape index (κ1) is 11.7. The van der Waals surface area contributed by atoms with E-state index in [2.05, 4.69) is 9.98 Å². The average molecular weight is 251 g/mol. The van der Waals surface area contributed by atoms with Crippen LogP contribution in [0.3, 0.4) is 0 Å². The monoisotopic (exact) mass is 251 g/mol. The molecule has 0 bridgehead atoms. The van der Waals surface area contributed by atoms with Gasteiger partial charge >= 0.3 is 0 Å². The summed E-state index contributed by atoms with van der Waals surface area (Å²) in [5, 5.41) is 0. The molecule has 2 N–H and O–H groups in total. The lowest BCUT2D eigenvalue weighted by Crippen LogP contribution is -2.24. The molecule has 4 heteroatoms. The number of nitrogens with zero attached hydrogens (tertiary/aromatic N) is 2. The number of aliphatic imine (C=N–C) groups is 1. The zero-order chi connectivity index (χ0) is 13.2. The van der Waals surface area contributed by atoms with E-state index in [-0.39, 0.29) is 12.3 Å². The van der Waals surface area contributed by atoms with E-state index in [1.807, 2.05) is 30.3 Å². The fourth-order valence-electron chi connectivity index (χ4n) is 2.25. The summed E-state index contributed by atoms with van der Waals surface area (Å²) in [6.07, 6.45) is 3.51. The van der Waals surface area contributed by atoms with Gasteiger partial charge in [-0.15, -0.1) is 0 Å². The van der Waals surface area contributed by atoms with Crippen LogP contribution >= 0.6 is 0 Å². The Morgan fingerprint density at radius 2 is 2.05 bits per heavy atom. The van der Waals surface area contributed by atoms with Gasteiger partial charge in [-0.3, -0.25) is 14.8 Å². The summed E-state index contributed by atoms with van der Waals surface area (Å²) in [7, 11) is 0. The second-order valence-electron chi connectivity index (χ2n) is 4.39. The molecule has 1 aliphatic heterocycles. The van der Waals surface area contributed by atoms with Crippen LogP contribution in [0.4, 0.5) is 0 Å². The molecular formula is C15H13N3O. The number of hydrogen-bond acceptors (Lipinski definition) is 4. The molecule has 2 heterocycles. The third-order valence-electron chi connectivity index (χ3n) is 3.23. The van der Waals surface area contributed by atoms with Gasteiger partial charge in [-0.05, 0) is 17.7 Å². The van der Waals surface area contributed by atoms with Crippen LogP contribution in [0.15, 0.2) is 47.7 Å². The Hall–Kier alpha value is -2.33. The molecule has 3 rings (SSSR count). The maximum atomic E-state index is 12.0. The number of ketones is 1. The molecule has 0 atom stereocenters. The van der Waals surface area contributed by atoms with Gasteiger partial charge in [-0.2, -0.15) is 0 Å². The van der Waals surface area contributed by atoms with E-state index in [4.69, 9.17) is 5.73 Å². The normalized spacial score (nSPS) is 13.9. The summed E-state index contributed by atoms with van der Waals surface area (Å²) >= 11 is 0. The number of pyridine rings is 1. The molecule has 94 valence electrons. The maximum Gasteiger partial charge on any atom is 0.184 e. The number of carbonyl (C=O) groups is 1. The van der Waals surface area contributed by atoms with Crippen molar-refractivity contribution in [2.24, 2.45) is 10.7 Å². The Morgan fingerprint density at radius 1 is 1.16 bits per heavy atom. The molecule has 1 aromatic carbocycles. The summed E-state index contributed by atoms with van der Waals surface area (Å²) in [5.74, 6) is 0.0398. The number of carbonyl (C=O) groups excluding carboxylic acids is 1. The van der Waals surface area contributed by atoms with E-state index in [1.165, 1.54) is 0 Å². The number of rotatable bonds is 2. The molecule has 2 aromatic rings. The van der Waals surface area contributed by atoms with Gasteiger partial charge in [0.1, 0.15) is 6.54 Å². The van der Waals surface area contributed by atoms with Crippen LogP contribution < -0.4 is 5.73 Å². The fraction of sp³-hybridized carbons (Fsp3) is 0.133. The van der Waals surface area contributed by atoms with Crippen LogP contribution in [0, 0.1) is 0 Å². The standard InChI is InChI=1S/C15H13N3O/c16-7-14-12-4-3-10(11-2-1-5-17-8-11)6-13(12)15(19)9-18-14/h1-6,8H,7,9,16H2. The first-order chi connectivity index (χ1) is 9.29. The average Bonchev–Trinajstić information content (AvgIpc) is 2.48. The smallest absolute Gasteiger partial charge is 0.184 e. The summed E-state index contributed by atoms with van der Waals surface area (Å²) in [6, 6.07) is 9.64. The van der Waals surface area contributed by atoms with Crippen LogP contribution in [0.5, 0.6) is 0 Å². The van der Waals surface area contributed by atoms with Crippen LogP contribution in [-0.4, -0.2) is 29.6 Å². The van der Waals surface area contributed by atoms with E-state index >= 15 is 0 Å². The molecule has 1 aliphatic rings. The van der Waals surface area contributed by atoms with E-state index in [0.717, 1.165) is 22.4 Å². The fourth-order valence-corrected chi connectivity index (χ4v) is 2.25. The lowest BCUT2D eigenvalue weighted by Gasteiger charge is -2.16. The summed E-state index contributed by atoms with van der Waals surface area (Å²) in [4.78, 5) is 20.3. The highest BCUT2D eigenvalue weighted by Crippen LogP contribution is 2.24. The lowest BCUT2D eigenvalue weighted by molar-refractivity contribution is 0.1000. The molecule has 0 aliphatic carbocycles. The number of aromatic nitrogens is 1. The minimum Gasteiger partial charge on any atom is -0.325 e. The zero-order valence-electron chi connectivity index (χ0n) is 10.3. The first-order valence-corrected chi connectivity index (χ1v) is 6.11. The highest BCUT2D eigenvalue weighted by molar-refractivity contribution is 6.16. The molecule has 0 unspecified atom stereocenters. The predicted octanol–water partition coefficient (Wildman–Crippen LogP) is 1.69. The summed E-state index contributed by atoms with van der Waals surface area (Å²) in [6.45, 7) is 0.544. The molecule has 0 spiro atoms. The van der Waals surface area contributed by atoms with Crippen molar-refractivity contribution in [1.29, 1.82) is 0 Å². The predicted molar refractivity (Wildman–Crippen MR) is 74.5 cm³/mol. The number of Topliss-reactive ketones (excluding diaryl/α,β-unsaturated/α-hetero) is 1. The molecule has 0 saturated carbocycles. The van der Waals surface area contributed by atoms with Gasteiger partial charge < -0.3 is 5.73 Å². The Labute approximate surface area is 111 Å². The number of hydrogen-bond donors (Lipinski definition) is 1. The SMILES string of the molecule is NCC1=NCC(=O)c2cc(-c3cccnc3)ccc21. The second kappa shape index (κ2) is 4.74. The van der Waals surface area contributed by atoms with Crippen LogP contribution in [0.25, 0.3) is 11.1 Å². The van der Waals surface area contributed by atoms with Crippen molar-refractivity contribution in [3.8, 4) is 11.1 Å². The molecule has 0 amide bonds. The largest absolute Gasteiger partial charge is 0.325 e. The van der Waals surface area contributed by atoms with E-state index < -0.39 is 0 Å². The van der Waals surface area contributed by atoms with Crippen LogP contribution in [0.2, 0.25) is 0 Å². The number of nitrogens with two attached hydrogens (primary N) is 1. The van der Waals surface area contributed by atoms with Crippen molar-refractivity contribution in [1.82, 2.24) is 4.98 Å². The van der Waals surface area contributed by atoms with E-state index in [9.17, 15) is 4.79 Å². The van der Waals surface area contributed by atoms with Crippen LogP contribution in [0.1, 0.15) is 15.9 Å². The van der Waals surface area contributed by atoms with E-state index in [1.54, 1.807) is 12.4 Å². The topological polar surface area (TPSA) is 68.3 Å². The summed E-state index contributed by atoms with van der Waals surface area (Å²) < 4.78 is 0. The molecule has 19 heavy (non-hydrogen) atoms. The van der Waals surface area contributed by atoms with Crippen molar-refractivity contribution in [3.05, 3.63) is 53.9 Å². The third-order valence-corrected chi connectivity index (χ3v) is 3.23. The molecular weight excluding hydrogens is 238 g/mol. The molecule has 4 nitrogen and oxygen atoms in total. The highest BCUT2D eigenvalue weighted by atomic mass is 16.1. The molecule has 0 fully saturated rings. The van der Waals surface area contributed by atoms with Gasteiger partial charge in [0.25, 0.3) is 0 Å². The van der Waals surface area contributed by atoms with Crippen molar-refractivity contribution < 1.29 is 4.79 Å². The highest BCUT2D eigenvalue weighted by Gasteiger charge is 2.20. The van der Waals surface area contributed by atoms with Gasteiger partial charge in [-0.25, -0.2) is 0 Å². The summed E-state index contributed by atoms with van der Waals surface area (Å²) in [5.41, 5.74) is 10.00. The zero-order valence-corrected chi connectivity index (χ0v) is 10.3. The Bertz CT molecular complexity index is 662. The Balaban J connectivity index is 2.12. The quantitative estimate of drug-likeness (QED) is 0.883. The minimum atomic E-state index is 0.0398. The first-order valence-electron chi connectivity index (χ1n) is 6.11. The van der Waals surface area contributed by atoms with Crippen LogP contribution in [-0.2, 0) is 0 Å². The van der Waals surface area contributed by atoms with Gasteiger partial charge in [0.05, 0.1) is 5.71 Å². The lowest BCUT2D eigenvalue weighted by atomic mass is 9.93. The van der Waals surface area contributed by atoms with Crippen molar-refractivity contribution >= 4 is 11.5 Å². The molecule has 0 radical (unpaired) electrons. The van der Waals surface area contributed by atoms with Crippen molar-refractivity contribution in [2.75, 3.05) is 13.1 Å². The van der Waals surface area contributed by atoms with Gasteiger partial charge in [-0.1, -0.05) is 18.2 Å². The van der Waals surface area contributed by atoms with E-state index in [0.29, 0.717) is 12.1 Å². The minimum absolute atomic E-state index is 0.0398.